The standard InChI is InChI=1S/C58H38N4/c1-4-17-39(18-5-1)40-31-35-43(36-32-40)56-59-55(42-19-6-2-7-20-42)60-57(61-56)44-37-33-41(34-38-44)46-24-16-25-48-47-23-10-11-26-49(47)58(54(46)48)50-27-12-14-29-52(50)62(45-21-8-3-9-22-45)53-30-15-13-28-51(53)58/h1-38H. The third-order valence-electron chi connectivity index (χ3n) is 12.5. The van der Waals surface area contributed by atoms with E-state index in [1.807, 2.05) is 24.3 Å². The Bertz CT molecular complexity index is 3220. The molecule has 0 unspecified atom stereocenters. The van der Waals surface area contributed by atoms with Gasteiger partial charge in [-0.25, -0.2) is 15.0 Å². The molecule has 290 valence electrons. The zero-order valence-corrected chi connectivity index (χ0v) is 33.7. The lowest BCUT2D eigenvalue weighted by molar-refractivity contribution is 0.754. The molecule has 0 bridgehead atoms. The monoisotopic (exact) mass is 790 g/mol. The van der Waals surface area contributed by atoms with Gasteiger partial charge in [-0.3, -0.25) is 0 Å². The third kappa shape index (κ3) is 5.58. The van der Waals surface area contributed by atoms with Gasteiger partial charge in [0.05, 0.1) is 16.8 Å². The van der Waals surface area contributed by atoms with Gasteiger partial charge >= 0.3 is 0 Å². The number of nitrogens with zero attached hydrogens (tertiary/aromatic N) is 4. The molecular weight excluding hydrogens is 753 g/mol. The highest BCUT2D eigenvalue weighted by atomic mass is 15.2. The number of aromatic nitrogens is 3. The number of hydrogen-bond acceptors (Lipinski definition) is 4. The molecule has 0 N–H and O–H groups in total. The van der Waals surface area contributed by atoms with Crippen LogP contribution in [0.1, 0.15) is 22.3 Å². The second-order valence-electron chi connectivity index (χ2n) is 15.9. The molecule has 0 fully saturated rings. The van der Waals surface area contributed by atoms with Crippen LogP contribution in [0, 0.1) is 0 Å². The van der Waals surface area contributed by atoms with E-state index in [0.29, 0.717) is 17.5 Å². The molecule has 4 nitrogen and oxygen atoms in total. The largest absolute Gasteiger partial charge is 0.310 e. The lowest BCUT2D eigenvalue weighted by Crippen LogP contribution is -2.36. The van der Waals surface area contributed by atoms with Gasteiger partial charge in [0.25, 0.3) is 0 Å². The van der Waals surface area contributed by atoms with Crippen molar-refractivity contribution in [2.24, 2.45) is 0 Å². The molecule has 1 aliphatic heterocycles. The Labute approximate surface area is 361 Å². The topological polar surface area (TPSA) is 41.9 Å². The maximum absolute atomic E-state index is 5.11. The van der Waals surface area contributed by atoms with Crippen LogP contribution in [0.3, 0.4) is 0 Å². The van der Waals surface area contributed by atoms with E-state index in [9.17, 15) is 0 Å². The molecule has 1 aliphatic carbocycles. The minimum Gasteiger partial charge on any atom is -0.310 e. The summed E-state index contributed by atoms with van der Waals surface area (Å²) in [6.45, 7) is 0. The van der Waals surface area contributed by atoms with Gasteiger partial charge in [-0.2, -0.15) is 0 Å². The molecule has 62 heavy (non-hydrogen) atoms. The summed E-state index contributed by atoms with van der Waals surface area (Å²) in [6, 6.07) is 82.3. The van der Waals surface area contributed by atoms with Crippen molar-refractivity contribution in [2.45, 2.75) is 5.41 Å². The number of rotatable bonds is 6. The molecule has 2 heterocycles. The van der Waals surface area contributed by atoms with Crippen LogP contribution in [0.5, 0.6) is 0 Å². The van der Waals surface area contributed by atoms with Gasteiger partial charge in [-0.05, 0) is 79.9 Å². The molecule has 0 amide bonds. The van der Waals surface area contributed by atoms with Crippen molar-refractivity contribution < 1.29 is 0 Å². The van der Waals surface area contributed by atoms with Crippen molar-refractivity contribution >= 4 is 17.1 Å². The maximum Gasteiger partial charge on any atom is 0.164 e. The highest BCUT2D eigenvalue weighted by Gasteiger charge is 2.52. The molecule has 9 aromatic carbocycles. The van der Waals surface area contributed by atoms with E-state index in [1.165, 1.54) is 55.9 Å². The van der Waals surface area contributed by atoms with Crippen molar-refractivity contribution in [2.75, 3.05) is 4.90 Å². The molecule has 0 saturated carbocycles. The Hall–Kier alpha value is -8.21. The average Bonchev–Trinajstić information content (AvgIpc) is 3.66. The van der Waals surface area contributed by atoms with E-state index in [1.54, 1.807) is 0 Å². The second kappa shape index (κ2) is 14.5. The van der Waals surface area contributed by atoms with E-state index >= 15 is 0 Å². The fourth-order valence-electron chi connectivity index (χ4n) is 9.85. The lowest BCUT2D eigenvalue weighted by Gasteiger charge is -2.45. The molecular formula is C58H38N4. The molecule has 1 spiro atoms. The summed E-state index contributed by atoms with van der Waals surface area (Å²) >= 11 is 0. The van der Waals surface area contributed by atoms with Crippen LogP contribution in [0.15, 0.2) is 231 Å². The van der Waals surface area contributed by atoms with E-state index in [4.69, 9.17) is 15.0 Å². The molecule has 0 atom stereocenters. The summed E-state index contributed by atoms with van der Waals surface area (Å²) < 4.78 is 0. The summed E-state index contributed by atoms with van der Waals surface area (Å²) in [7, 11) is 0. The summed E-state index contributed by atoms with van der Waals surface area (Å²) in [5.74, 6) is 1.91. The maximum atomic E-state index is 5.11. The van der Waals surface area contributed by atoms with Gasteiger partial charge in [0, 0.05) is 22.4 Å². The third-order valence-corrected chi connectivity index (χ3v) is 12.5. The van der Waals surface area contributed by atoms with Gasteiger partial charge in [0.2, 0.25) is 0 Å². The molecule has 12 rings (SSSR count). The zero-order chi connectivity index (χ0) is 41.0. The second-order valence-corrected chi connectivity index (χ2v) is 15.9. The molecule has 0 radical (unpaired) electrons. The Morgan fingerprint density at radius 1 is 0.274 bits per heavy atom. The smallest absolute Gasteiger partial charge is 0.164 e. The van der Waals surface area contributed by atoms with E-state index < -0.39 is 5.41 Å². The molecule has 10 aromatic rings. The Kier molecular flexibility index (Phi) is 8.36. The predicted molar refractivity (Wildman–Crippen MR) is 253 cm³/mol. The summed E-state index contributed by atoms with van der Waals surface area (Å²) in [6.07, 6.45) is 0. The minimum absolute atomic E-state index is 0.566. The first kappa shape index (κ1) is 35.7. The van der Waals surface area contributed by atoms with Gasteiger partial charge in [-0.1, -0.05) is 206 Å². The van der Waals surface area contributed by atoms with E-state index in [0.717, 1.165) is 33.5 Å². The lowest BCUT2D eigenvalue weighted by atomic mass is 9.63. The summed E-state index contributed by atoms with van der Waals surface area (Å²) in [4.78, 5) is 17.6. The molecule has 1 aromatic heterocycles. The van der Waals surface area contributed by atoms with Crippen molar-refractivity contribution in [1.29, 1.82) is 0 Å². The fourth-order valence-corrected chi connectivity index (χ4v) is 9.85. The first-order valence-electron chi connectivity index (χ1n) is 21.1. The molecule has 4 heteroatoms. The molecule has 0 saturated heterocycles. The van der Waals surface area contributed by atoms with Crippen LogP contribution in [-0.4, -0.2) is 15.0 Å². The van der Waals surface area contributed by atoms with Crippen molar-refractivity contribution in [3.05, 3.63) is 253 Å². The first-order chi connectivity index (χ1) is 30.8. The highest BCUT2D eigenvalue weighted by molar-refractivity contribution is 5.99. The van der Waals surface area contributed by atoms with Crippen molar-refractivity contribution in [3.63, 3.8) is 0 Å². The van der Waals surface area contributed by atoms with E-state index in [-0.39, 0.29) is 0 Å². The minimum atomic E-state index is -0.566. The van der Waals surface area contributed by atoms with Gasteiger partial charge in [-0.15, -0.1) is 0 Å². The molecule has 2 aliphatic rings. The van der Waals surface area contributed by atoms with Crippen LogP contribution in [0.2, 0.25) is 0 Å². The quantitative estimate of drug-likeness (QED) is 0.168. The number of para-hydroxylation sites is 3. The van der Waals surface area contributed by atoms with Gasteiger partial charge in [0.1, 0.15) is 0 Å². The highest BCUT2D eigenvalue weighted by Crippen LogP contribution is 2.64. The van der Waals surface area contributed by atoms with Crippen molar-refractivity contribution in [1.82, 2.24) is 15.0 Å². The van der Waals surface area contributed by atoms with Crippen LogP contribution < -0.4 is 4.90 Å². The number of anilines is 3. The van der Waals surface area contributed by atoms with Crippen LogP contribution in [-0.2, 0) is 5.41 Å². The van der Waals surface area contributed by atoms with Crippen LogP contribution >= 0.6 is 0 Å². The fraction of sp³-hybridized carbons (Fsp3) is 0.0172. The average molecular weight is 791 g/mol. The Balaban J connectivity index is 1.01. The number of fused-ring (bicyclic) bond motifs is 9. The van der Waals surface area contributed by atoms with Crippen LogP contribution in [0.4, 0.5) is 17.1 Å². The number of benzene rings is 9. The van der Waals surface area contributed by atoms with Gasteiger partial charge in [0.15, 0.2) is 17.5 Å². The Morgan fingerprint density at radius 3 is 1.24 bits per heavy atom. The predicted octanol–water partition coefficient (Wildman–Crippen LogP) is 14.4. The SMILES string of the molecule is c1ccc(-c2ccc(-c3nc(-c4ccccc4)nc(-c4ccc(-c5cccc6c5C5(c7ccccc7-6)c6ccccc6N(c6ccccc6)c6ccccc65)cc4)n3)cc2)cc1. The summed E-state index contributed by atoms with van der Waals surface area (Å²) in [5, 5.41) is 0. The van der Waals surface area contributed by atoms with Gasteiger partial charge < -0.3 is 4.90 Å². The Morgan fingerprint density at radius 2 is 0.661 bits per heavy atom. The van der Waals surface area contributed by atoms with Crippen LogP contribution in [0.25, 0.3) is 67.5 Å². The number of hydrogen-bond donors (Lipinski definition) is 0. The summed E-state index contributed by atoms with van der Waals surface area (Å²) in [5.41, 5.74) is 18.0. The normalized spacial score (nSPS) is 12.9. The zero-order valence-electron chi connectivity index (χ0n) is 33.7. The van der Waals surface area contributed by atoms with Crippen molar-refractivity contribution in [3.8, 4) is 67.5 Å². The van der Waals surface area contributed by atoms with E-state index in [2.05, 4.69) is 211 Å². The first-order valence-corrected chi connectivity index (χ1v) is 21.1.